The van der Waals surface area contributed by atoms with Crippen molar-refractivity contribution in [3.63, 3.8) is 0 Å². The maximum absolute atomic E-state index is 13.1. The van der Waals surface area contributed by atoms with Crippen LogP contribution < -0.4 is 0 Å². The Bertz CT molecular complexity index is 3150. The molecule has 5 saturated heterocycles. The summed E-state index contributed by atoms with van der Waals surface area (Å²) in [6, 6.07) is 0. The van der Waals surface area contributed by atoms with Crippen LogP contribution in [-0.4, -0.2) is 247 Å². The van der Waals surface area contributed by atoms with E-state index in [9.17, 15) is 101 Å². The van der Waals surface area contributed by atoms with Gasteiger partial charge in [-0.3, -0.25) is 36.7 Å². The summed E-state index contributed by atoms with van der Waals surface area (Å²) < 4.78 is 322. The Morgan fingerprint density at radius 1 is 0.500 bits per heavy atom. The number of carbonyl (C=O) groups excluding carboxylic acids is 1. The Labute approximate surface area is 504 Å². The van der Waals surface area contributed by atoms with Crippen LogP contribution in [0.25, 0.3) is 0 Å². The summed E-state index contributed by atoms with van der Waals surface area (Å²) in [4.78, 5) is 29.9. The van der Waals surface area contributed by atoms with Crippen LogP contribution in [0.15, 0.2) is 0 Å². The number of hydrogen-bond donors (Lipinski definition) is 8. The van der Waals surface area contributed by atoms with Gasteiger partial charge >= 0.3 is 79.7 Å². The van der Waals surface area contributed by atoms with Gasteiger partial charge in [0.25, 0.3) is 6.47 Å². The van der Waals surface area contributed by atoms with Crippen LogP contribution in [0.4, 0.5) is 0 Å². The van der Waals surface area contributed by atoms with E-state index in [1.165, 1.54) is 27.9 Å². The largest absolute Gasteiger partial charge is 0.479 e. The smallest absolute Gasteiger partial charge is 0.397 e. The second-order valence-corrected chi connectivity index (χ2v) is 27.9. The fourth-order valence-corrected chi connectivity index (χ4v) is 14.1. The Hall–Kier alpha value is -2.21. The molecular formula is C39H64O42S7. The van der Waals surface area contributed by atoms with Crippen molar-refractivity contribution in [2.24, 2.45) is 41.4 Å². The van der Waals surface area contributed by atoms with Crippen LogP contribution in [0.2, 0.25) is 0 Å². The summed E-state index contributed by atoms with van der Waals surface area (Å²) in [5.74, 6) is -9.18. The highest BCUT2D eigenvalue weighted by molar-refractivity contribution is 7.82. The minimum Gasteiger partial charge on any atom is -0.479 e. The molecule has 0 radical (unpaired) electrons. The Balaban J connectivity index is 1.36. The molecule has 1 saturated carbocycles. The number of rotatable bonds is 30. The van der Waals surface area contributed by atoms with Gasteiger partial charge in [0.1, 0.15) is 61.5 Å². The molecule has 6 aliphatic rings. The number of fused-ring (bicyclic) bond motifs is 1. The summed E-state index contributed by atoms with van der Waals surface area (Å²) in [5, 5.41) is 10.6. The highest BCUT2D eigenvalue weighted by Crippen LogP contribution is 2.64. The van der Waals surface area contributed by atoms with Gasteiger partial charge in [-0.2, -0.15) is 54.7 Å². The van der Waals surface area contributed by atoms with Gasteiger partial charge < -0.3 is 57.2 Å². The minimum absolute atomic E-state index is 0.207. The lowest BCUT2D eigenvalue weighted by Gasteiger charge is -2.50. The average Bonchev–Trinajstić information content (AvgIpc) is 1.52. The summed E-state index contributed by atoms with van der Waals surface area (Å²) >= 11 is -3.27. The summed E-state index contributed by atoms with van der Waals surface area (Å²) in [6.07, 6.45) is -36.7. The van der Waals surface area contributed by atoms with Crippen molar-refractivity contribution in [2.75, 3.05) is 26.9 Å². The third-order valence-corrected chi connectivity index (χ3v) is 18.3. The standard InChI is InChI=1S/C39H64O42S7/c1-13-15(3)34(69-20(24(13)63-8)10-66-83(45,46)47)71-25-14(2)16(4)35(74-31(25)33(41)42)72-27-19(9-65-81-82(43)44)70-38(32(80-88(60,61)62)30(27)79-87(57,58)59)76-39(7)22-17(5)36(75-37(23(22)39)64-12-40)73-28-21(11-67-84(48,49)50)68-18(6)26(77-85(51,52)53)29(28)78-86(54,55)56/h12-32,34-38H,9-11H2,1-8H3,(H,41,42)(H,43,44)(H,45,46,47)(H,48,49,50)(H,51,52,53)(H,54,55,56)(H,57,58,59)(H,60,61,62)/t13?,14?,15?,16?,17?,18-,19?,20?,21?,22-,23+,24+,25+,26?,27-,28-,29?,30+,31?,32?,34-,35-,36-,37?,38+,39?/m1/s1. The fourth-order valence-electron chi connectivity index (χ4n) is 11.3. The SMILES string of the molecule is CO[C@@H]1C(COS(=O)(=O)O)O[C@H](O[C@@H]2C(C(=O)O)O[C@@H](O[C@@H]3C(COOS(=O)O)O[C@@H](OC4(C)[C@@H]5C(OC=O)O[C@@H](O[C@@H]6C(COS(=O)(=O)O)O[C@H](C)C(OS(=O)(=O)O)C6OS(=O)(=O)O)C(C)[C@H]54)C(OS(=O)(=O)O)[C@H]3OS(=O)(=O)O)C(C)C2C)C(C)C1C. The van der Waals surface area contributed by atoms with Crippen LogP contribution in [0.3, 0.4) is 0 Å². The molecule has 5 heterocycles. The molecule has 8 N–H and O–H groups in total. The lowest BCUT2D eigenvalue weighted by atomic mass is 9.82. The zero-order valence-corrected chi connectivity index (χ0v) is 52.2. The van der Waals surface area contributed by atoms with E-state index in [1.54, 1.807) is 13.8 Å². The Morgan fingerprint density at radius 3 is 1.39 bits per heavy atom. The van der Waals surface area contributed by atoms with E-state index in [0.29, 0.717) is 0 Å². The summed E-state index contributed by atoms with van der Waals surface area (Å²) in [7, 11) is -32.3. The molecule has 514 valence electrons. The molecule has 0 bridgehead atoms. The molecule has 6 rings (SSSR count). The average molecular weight is 1430 g/mol. The third-order valence-electron chi connectivity index (χ3n) is 15.4. The molecule has 0 aromatic heterocycles. The van der Waals surface area contributed by atoms with Gasteiger partial charge in [-0.25, -0.2) is 34.8 Å². The van der Waals surface area contributed by atoms with Gasteiger partial charge in [-0.05, 0) is 25.7 Å². The molecule has 49 heteroatoms. The van der Waals surface area contributed by atoms with Crippen molar-refractivity contribution >= 4 is 86.2 Å². The number of ether oxygens (including phenoxy) is 11. The van der Waals surface area contributed by atoms with Crippen molar-refractivity contribution < 1.29 is 188 Å². The fraction of sp³-hybridized carbons (Fsp3) is 0.949. The van der Waals surface area contributed by atoms with Gasteiger partial charge in [0.15, 0.2) is 37.4 Å². The van der Waals surface area contributed by atoms with Gasteiger partial charge in [-0.1, -0.05) is 34.6 Å². The molecule has 27 atom stereocenters. The molecule has 0 spiro atoms. The maximum Gasteiger partial charge on any atom is 0.397 e. The predicted molar refractivity (Wildman–Crippen MR) is 270 cm³/mol. The molecule has 15 unspecified atom stereocenters. The number of carboxylic acid groups (broad SMARTS) is 1. The molecule has 88 heavy (non-hydrogen) atoms. The van der Waals surface area contributed by atoms with Crippen molar-refractivity contribution in [3.05, 3.63) is 0 Å². The van der Waals surface area contributed by atoms with Gasteiger partial charge in [0.2, 0.25) is 6.29 Å². The molecule has 0 aromatic rings. The third kappa shape index (κ3) is 19.5. The first-order valence-corrected chi connectivity index (χ1v) is 34.5. The monoisotopic (exact) mass is 1430 g/mol. The van der Waals surface area contributed by atoms with E-state index in [1.807, 2.05) is 0 Å². The first kappa shape index (κ1) is 74.8. The van der Waals surface area contributed by atoms with E-state index < -0.39 is 257 Å². The molecule has 0 aromatic carbocycles. The van der Waals surface area contributed by atoms with Crippen LogP contribution in [0.5, 0.6) is 0 Å². The van der Waals surface area contributed by atoms with E-state index >= 15 is 0 Å². The van der Waals surface area contributed by atoms with E-state index in [4.69, 9.17) is 65.4 Å². The molecule has 5 aliphatic heterocycles. The zero-order chi connectivity index (χ0) is 66.4. The second-order valence-electron chi connectivity index (χ2n) is 20.9. The van der Waals surface area contributed by atoms with Crippen LogP contribution >= 0.6 is 0 Å². The van der Waals surface area contributed by atoms with E-state index in [-0.39, 0.29) is 6.47 Å². The number of aliphatic carboxylic acids is 1. The molecule has 0 amide bonds. The van der Waals surface area contributed by atoms with Crippen molar-refractivity contribution in [3.8, 4) is 0 Å². The number of methoxy groups -OCH3 is 1. The lowest BCUT2D eigenvalue weighted by Crippen LogP contribution is -2.65. The van der Waals surface area contributed by atoms with Gasteiger partial charge in [0, 0.05) is 30.8 Å². The normalized spacial score (nSPS) is 41.6. The highest BCUT2D eigenvalue weighted by Gasteiger charge is 2.75. The Morgan fingerprint density at radius 2 is 0.920 bits per heavy atom. The van der Waals surface area contributed by atoms with Crippen LogP contribution in [-0.2, 0) is 170 Å². The molecular weight excluding hydrogens is 1360 g/mol. The highest BCUT2D eigenvalue weighted by atomic mass is 32.3. The number of carboxylic acids is 1. The number of carbonyl (C=O) groups is 2. The molecule has 1 aliphatic carbocycles. The van der Waals surface area contributed by atoms with Crippen molar-refractivity contribution in [1.82, 2.24) is 0 Å². The van der Waals surface area contributed by atoms with Crippen molar-refractivity contribution in [1.29, 1.82) is 0 Å². The first-order valence-electron chi connectivity index (χ1n) is 25.3. The van der Waals surface area contributed by atoms with Gasteiger partial charge in [-0.15, -0.1) is 4.33 Å². The number of hydrogen-bond acceptors (Lipinski definition) is 34. The quantitative estimate of drug-likeness (QED) is 0.0115. The van der Waals surface area contributed by atoms with Crippen LogP contribution in [0.1, 0.15) is 48.5 Å². The lowest BCUT2D eigenvalue weighted by molar-refractivity contribution is -0.366. The maximum atomic E-state index is 13.1. The summed E-state index contributed by atoms with van der Waals surface area (Å²) in [6.45, 7) is 5.85. The Kier molecular flexibility index (Phi) is 24.5. The molecule has 6 fully saturated rings. The summed E-state index contributed by atoms with van der Waals surface area (Å²) in [5.41, 5.74) is -2.08. The second kappa shape index (κ2) is 28.8. The zero-order valence-electron chi connectivity index (χ0n) is 46.4. The van der Waals surface area contributed by atoms with Gasteiger partial charge in [0.05, 0.1) is 36.9 Å². The van der Waals surface area contributed by atoms with E-state index in [0.717, 1.165) is 13.8 Å². The first-order chi connectivity index (χ1) is 40.3. The molecule has 42 nitrogen and oxygen atoms in total. The topological polar surface area (TPSA) is 593 Å². The van der Waals surface area contributed by atoms with E-state index in [2.05, 4.69) is 21.1 Å². The van der Waals surface area contributed by atoms with Crippen LogP contribution in [0, 0.1) is 41.4 Å². The minimum atomic E-state index is -5.94. The van der Waals surface area contributed by atoms with Crippen molar-refractivity contribution in [2.45, 2.75) is 165 Å². The predicted octanol–water partition coefficient (Wildman–Crippen LogP) is -3.26.